The van der Waals surface area contributed by atoms with E-state index in [1.54, 1.807) is 32.9 Å². The minimum absolute atomic E-state index is 0.0445. The lowest BCUT2D eigenvalue weighted by molar-refractivity contribution is -0.164. The van der Waals surface area contributed by atoms with Crippen molar-refractivity contribution in [3.8, 4) is 0 Å². The van der Waals surface area contributed by atoms with Gasteiger partial charge in [0.25, 0.3) is 0 Å². The summed E-state index contributed by atoms with van der Waals surface area (Å²) >= 11 is 0. The van der Waals surface area contributed by atoms with Crippen molar-refractivity contribution in [1.29, 1.82) is 0 Å². The lowest BCUT2D eigenvalue weighted by Gasteiger charge is -2.15. The average molecular weight is 313 g/mol. The smallest absolute Gasteiger partial charge is 0.328 e. The lowest BCUT2D eigenvalue weighted by Crippen LogP contribution is -2.34. The summed E-state index contributed by atoms with van der Waals surface area (Å²) < 4.78 is 30.5. The van der Waals surface area contributed by atoms with Crippen LogP contribution in [0.1, 0.15) is 26.3 Å². The quantitative estimate of drug-likeness (QED) is 0.670. The first-order valence-corrected chi connectivity index (χ1v) is 7.82. The van der Waals surface area contributed by atoms with E-state index in [0.29, 0.717) is 0 Å². The molecule has 0 fully saturated rings. The maximum Gasteiger partial charge on any atom is 0.328 e. The molecular formula is C14H19NO5S. The Labute approximate surface area is 124 Å². The molecule has 0 radical (unpaired) electrons. The standard InChI is InChI=1S/C14H19NO5S/c1-10-5-7-11(8-6-10)21(18,19)15-9-12(16)20-13(17)14(2,3)4/h5-8,15H,9H2,1-4H3. The molecule has 116 valence electrons. The zero-order valence-corrected chi connectivity index (χ0v) is 13.3. The molecule has 0 aliphatic rings. The number of nitrogens with one attached hydrogen (secondary N) is 1. The molecule has 1 N–H and O–H groups in total. The van der Waals surface area contributed by atoms with Gasteiger partial charge in [0.2, 0.25) is 10.0 Å². The number of aryl methyl sites for hydroxylation is 1. The first-order valence-electron chi connectivity index (χ1n) is 6.34. The number of esters is 2. The monoisotopic (exact) mass is 313 g/mol. The summed E-state index contributed by atoms with van der Waals surface area (Å²) in [6.45, 7) is 6.02. The molecule has 0 unspecified atom stereocenters. The van der Waals surface area contributed by atoms with Crippen molar-refractivity contribution in [3.05, 3.63) is 29.8 Å². The van der Waals surface area contributed by atoms with Gasteiger partial charge in [-0.2, -0.15) is 4.72 Å². The molecular weight excluding hydrogens is 294 g/mol. The third kappa shape index (κ3) is 5.28. The van der Waals surface area contributed by atoms with Crippen LogP contribution < -0.4 is 4.72 Å². The Hall–Kier alpha value is -1.73. The van der Waals surface area contributed by atoms with Crippen LogP contribution in [0.2, 0.25) is 0 Å². The van der Waals surface area contributed by atoms with Gasteiger partial charge in [-0.1, -0.05) is 17.7 Å². The Morgan fingerprint density at radius 1 is 1.14 bits per heavy atom. The van der Waals surface area contributed by atoms with Crippen LogP contribution in [0.15, 0.2) is 29.2 Å². The van der Waals surface area contributed by atoms with Gasteiger partial charge >= 0.3 is 11.9 Å². The highest BCUT2D eigenvalue weighted by molar-refractivity contribution is 7.89. The van der Waals surface area contributed by atoms with Gasteiger partial charge in [0, 0.05) is 0 Å². The van der Waals surface area contributed by atoms with E-state index in [1.165, 1.54) is 12.1 Å². The summed E-state index contributed by atoms with van der Waals surface area (Å²) in [6, 6.07) is 6.17. The molecule has 0 saturated carbocycles. The van der Waals surface area contributed by atoms with E-state index in [4.69, 9.17) is 0 Å². The molecule has 0 spiro atoms. The van der Waals surface area contributed by atoms with E-state index in [0.717, 1.165) is 5.56 Å². The van der Waals surface area contributed by atoms with Crippen molar-refractivity contribution < 1.29 is 22.7 Å². The second-order valence-electron chi connectivity index (χ2n) is 5.65. The molecule has 0 saturated heterocycles. The van der Waals surface area contributed by atoms with E-state index < -0.39 is 33.9 Å². The van der Waals surface area contributed by atoms with Crippen LogP contribution in [0.25, 0.3) is 0 Å². The maximum absolute atomic E-state index is 11.9. The fourth-order valence-electron chi connectivity index (χ4n) is 1.25. The second kappa shape index (κ2) is 6.36. The van der Waals surface area contributed by atoms with E-state index in [2.05, 4.69) is 9.46 Å². The summed E-state index contributed by atoms with van der Waals surface area (Å²) in [5, 5.41) is 0. The van der Waals surface area contributed by atoms with Crippen LogP contribution in [-0.4, -0.2) is 26.9 Å². The first-order chi connectivity index (χ1) is 9.52. The number of sulfonamides is 1. The first kappa shape index (κ1) is 17.3. The van der Waals surface area contributed by atoms with Gasteiger partial charge in [0.1, 0.15) is 6.54 Å². The summed E-state index contributed by atoms with van der Waals surface area (Å²) in [6.07, 6.45) is 0. The molecule has 0 aliphatic carbocycles. The van der Waals surface area contributed by atoms with Gasteiger partial charge in [0.15, 0.2) is 0 Å². The van der Waals surface area contributed by atoms with Crippen molar-refractivity contribution in [3.63, 3.8) is 0 Å². The zero-order valence-electron chi connectivity index (χ0n) is 12.5. The summed E-state index contributed by atoms with van der Waals surface area (Å²) in [5.41, 5.74) is 0.0926. The topological polar surface area (TPSA) is 89.5 Å². The highest BCUT2D eigenvalue weighted by atomic mass is 32.2. The van der Waals surface area contributed by atoms with E-state index in [-0.39, 0.29) is 4.90 Å². The number of carbonyl (C=O) groups excluding carboxylic acids is 2. The fourth-order valence-corrected chi connectivity index (χ4v) is 2.22. The van der Waals surface area contributed by atoms with Crippen LogP contribution in [0, 0.1) is 12.3 Å². The number of rotatable bonds is 4. The van der Waals surface area contributed by atoms with E-state index >= 15 is 0 Å². The van der Waals surface area contributed by atoms with Gasteiger partial charge in [0.05, 0.1) is 10.3 Å². The predicted octanol–water partition coefficient (Wildman–Crippen LogP) is 1.39. The highest BCUT2D eigenvalue weighted by Crippen LogP contribution is 2.15. The molecule has 1 aromatic carbocycles. The van der Waals surface area contributed by atoms with Crippen LogP contribution in [0.4, 0.5) is 0 Å². The van der Waals surface area contributed by atoms with Crippen LogP contribution in [-0.2, 0) is 24.3 Å². The van der Waals surface area contributed by atoms with E-state index in [9.17, 15) is 18.0 Å². The minimum atomic E-state index is -3.81. The number of ether oxygens (including phenoxy) is 1. The van der Waals surface area contributed by atoms with Crippen LogP contribution in [0.3, 0.4) is 0 Å². The van der Waals surface area contributed by atoms with Gasteiger partial charge in [-0.25, -0.2) is 8.42 Å². The Morgan fingerprint density at radius 2 is 1.67 bits per heavy atom. The molecule has 6 nitrogen and oxygen atoms in total. The van der Waals surface area contributed by atoms with Crippen molar-refractivity contribution >= 4 is 22.0 Å². The van der Waals surface area contributed by atoms with Crippen molar-refractivity contribution in [2.45, 2.75) is 32.6 Å². The van der Waals surface area contributed by atoms with Gasteiger partial charge in [-0.3, -0.25) is 9.59 Å². The van der Waals surface area contributed by atoms with Crippen LogP contribution in [0.5, 0.6) is 0 Å². The van der Waals surface area contributed by atoms with Crippen LogP contribution >= 0.6 is 0 Å². The molecule has 0 aromatic heterocycles. The van der Waals surface area contributed by atoms with E-state index in [1.807, 2.05) is 6.92 Å². The molecule has 1 aromatic rings. The van der Waals surface area contributed by atoms with Gasteiger partial charge in [-0.05, 0) is 39.8 Å². The summed E-state index contributed by atoms with van der Waals surface area (Å²) in [4.78, 5) is 23.0. The second-order valence-corrected chi connectivity index (χ2v) is 7.42. The molecule has 0 heterocycles. The number of hydrogen-bond acceptors (Lipinski definition) is 5. The fraction of sp³-hybridized carbons (Fsp3) is 0.429. The number of hydrogen-bond donors (Lipinski definition) is 1. The molecule has 21 heavy (non-hydrogen) atoms. The van der Waals surface area contributed by atoms with Crippen molar-refractivity contribution in [2.75, 3.05) is 6.54 Å². The third-order valence-corrected chi connectivity index (χ3v) is 3.97. The third-order valence-electron chi connectivity index (χ3n) is 2.56. The molecule has 0 bridgehead atoms. The lowest BCUT2D eigenvalue weighted by atomic mass is 9.97. The number of benzene rings is 1. The Morgan fingerprint density at radius 3 is 2.14 bits per heavy atom. The SMILES string of the molecule is Cc1ccc(S(=O)(=O)NCC(=O)OC(=O)C(C)(C)C)cc1. The largest absolute Gasteiger partial charge is 0.392 e. The average Bonchev–Trinajstić information content (AvgIpc) is 2.36. The Kier molecular flexibility index (Phi) is 5.25. The molecule has 1 rings (SSSR count). The predicted molar refractivity (Wildman–Crippen MR) is 76.9 cm³/mol. The number of carbonyl (C=O) groups is 2. The van der Waals surface area contributed by atoms with Crippen molar-refractivity contribution in [1.82, 2.24) is 4.72 Å². The normalized spacial score (nSPS) is 12.0. The molecule has 7 heteroatoms. The highest BCUT2D eigenvalue weighted by Gasteiger charge is 2.26. The Bertz CT molecular complexity index is 626. The maximum atomic E-state index is 11.9. The summed E-state index contributed by atoms with van der Waals surface area (Å²) in [7, 11) is -3.81. The Balaban J connectivity index is 2.64. The summed E-state index contributed by atoms with van der Waals surface area (Å²) in [5.74, 6) is -1.65. The minimum Gasteiger partial charge on any atom is -0.392 e. The van der Waals surface area contributed by atoms with Gasteiger partial charge < -0.3 is 4.74 Å². The van der Waals surface area contributed by atoms with Gasteiger partial charge in [-0.15, -0.1) is 0 Å². The van der Waals surface area contributed by atoms with Crippen molar-refractivity contribution in [2.24, 2.45) is 5.41 Å². The molecule has 0 atom stereocenters. The molecule has 0 aliphatic heterocycles. The zero-order chi connectivity index (χ0) is 16.3. The molecule has 0 amide bonds.